The van der Waals surface area contributed by atoms with Gasteiger partial charge in [-0.2, -0.15) is 5.26 Å². The van der Waals surface area contributed by atoms with Crippen LogP contribution in [0.2, 0.25) is 0 Å². The summed E-state index contributed by atoms with van der Waals surface area (Å²) in [7, 11) is 0. The minimum absolute atomic E-state index is 0.729. The fourth-order valence-corrected chi connectivity index (χ4v) is 6.27. The molecule has 0 radical (unpaired) electrons. The van der Waals surface area contributed by atoms with Crippen molar-refractivity contribution in [2.24, 2.45) is 17.8 Å². The molecule has 3 rings (SSSR count). The molecule has 1 heteroatoms. The first-order valence-corrected chi connectivity index (χ1v) is 13.3. The van der Waals surface area contributed by atoms with Crippen LogP contribution >= 0.6 is 0 Å². The highest BCUT2D eigenvalue weighted by atomic mass is 14.4. The zero-order chi connectivity index (χ0) is 21.0. The number of hydrogen-bond donors (Lipinski definition) is 0. The summed E-state index contributed by atoms with van der Waals surface area (Å²) in [5, 5.41) is 8.99. The second-order valence-electron chi connectivity index (χ2n) is 10.4. The first-order chi connectivity index (χ1) is 14.8. The zero-order valence-electron chi connectivity index (χ0n) is 19.6. The zero-order valence-corrected chi connectivity index (χ0v) is 19.6. The van der Waals surface area contributed by atoms with Gasteiger partial charge in [0, 0.05) is 0 Å². The molecule has 0 heterocycles. The van der Waals surface area contributed by atoms with Crippen LogP contribution in [0, 0.1) is 29.1 Å². The van der Waals surface area contributed by atoms with E-state index in [4.69, 9.17) is 5.26 Å². The van der Waals surface area contributed by atoms with Crippen molar-refractivity contribution >= 4 is 0 Å². The van der Waals surface area contributed by atoms with Gasteiger partial charge in [0.15, 0.2) is 0 Å². The second kappa shape index (κ2) is 13.2. The monoisotopic (exact) mass is 407 g/mol. The van der Waals surface area contributed by atoms with Crippen molar-refractivity contribution in [2.75, 3.05) is 0 Å². The third-order valence-electron chi connectivity index (χ3n) is 8.31. The van der Waals surface area contributed by atoms with Gasteiger partial charge < -0.3 is 0 Å². The number of nitriles is 1. The summed E-state index contributed by atoms with van der Waals surface area (Å²) in [5.74, 6) is 3.77. The topological polar surface area (TPSA) is 23.8 Å². The Morgan fingerprint density at radius 1 is 0.700 bits per heavy atom. The van der Waals surface area contributed by atoms with Crippen LogP contribution in [0.4, 0.5) is 0 Å². The van der Waals surface area contributed by atoms with Gasteiger partial charge in [0.1, 0.15) is 0 Å². The van der Waals surface area contributed by atoms with E-state index in [2.05, 4.69) is 25.1 Å². The Bertz CT molecular complexity index is 609. The molecular formula is C29H45N. The molecule has 0 N–H and O–H groups in total. The van der Waals surface area contributed by atoms with Gasteiger partial charge in [0.2, 0.25) is 0 Å². The van der Waals surface area contributed by atoms with Gasteiger partial charge in [-0.1, -0.05) is 89.7 Å². The molecule has 30 heavy (non-hydrogen) atoms. The molecule has 2 saturated carbocycles. The number of hydrogen-bond acceptors (Lipinski definition) is 1. The average Bonchev–Trinajstić information content (AvgIpc) is 2.81. The summed E-state index contributed by atoms with van der Waals surface area (Å²) >= 11 is 0. The van der Waals surface area contributed by atoms with Gasteiger partial charge in [0.25, 0.3) is 0 Å². The van der Waals surface area contributed by atoms with E-state index in [0.717, 1.165) is 29.2 Å². The first kappa shape index (κ1) is 23.4. The lowest BCUT2D eigenvalue weighted by atomic mass is 9.68. The van der Waals surface area contributed by atoms with Crippen molar-refractivity contribution in [3.63, 3.8) is 0 Å². The highest BCUT2D eigenvalue weighted by molar-refractivity contribution is 5.33. The van der Waals surface area contributed by atoms with Crippen LogP contribution in [0.15, 0.2) is 24.3 Å². The number of unbranched alkanes of at least 4 members (excludes halogenated alkanes) is 7. The first-order valence-electron chi connectivity index (χ1n) is 13.3. The van der Waals surface area contributed by atoms with Crippen LogP contribution in [0.5, 0.6) is 0 Å². The second-order valence-corrected chi connectivity index (χ2v) is 10.4. The van der Waals surface area contributed by atoms with Crippen molar-refractivity contribution < 1.29 is 0 Å². The molecule has 166 valence electrons. The lowest BCUT2D eigenvalue weighted by molar-refractivity contribution is 0.155. The van der Waals surface area contributed by atoms with E-state index in [1.165, 1.54) is 115 Å². The van der Waals surface area contributed by atoms with Crippen molar-refractivity contribution in [1.82, 2.24) is 0 Å². The number of benzene rings is 1. The van der Waals surface area contributed by atoms with Crippen molar-refractivity contribution in [2.45, 2.75) is 122 Å². The van der Waals surface area contributed by atoms with Crippen LogP contribution in [-0.4, -0.2) is 0 Å². The molecule has 0 spiro atoms. The summed E-state index contributed by atoms with van der Waals surface area (Å²) in [5.41, 5.74) is 2.25. The van der Waals surface area contributed by atoms with E-state index in [0.29, 0.717) is 0 Å². The molecule has 2 aliphatic rings. The Hall–Kier alpha value is -1.29. The van der Waals surface area contributed by atoms with E-state index in [1.807, 2.05) is 12.1 Å². The molecule has 0 amide bonds. The molecule has 2 aliphatic carbocycles. The van der Waals surface area contributed by atoms with Gasteiger partial charge >= 0.3 is 0 Å². The Labute approximate surface area is 186 Å². The van der Waals surface area contributed by atoms with Crippen LogP contribution in [0.25, 0.3) is 0 Å². The number of nitrogens with zero attached hydrogens (tertiary/aromatic N) is 1. The summed E-state index contributed by atoms with van der Waals surface area (Å²) < 4.78 is 0. The maximum Gasteiger partial charge on any atom is 0.0991 e. The van der Waals surface area contributed by atoms with E-state index < -0.39 is 0 Å². The molecule has 0 aromatic heterocycles. The van der Waals surface area contributed by atoms with E-state index in [-0.39, 0.29) is 0 Å². The summed E-state index contributed by atoms with van der Waals surface area (Å²) in [6, 6.07) is 10.6. The Morgan fingerprint density at radius 2 is 1.23 bits per heavy atom. The molecule has 0 saturated heterocycles. The van der Waals surface area contributed by atoms with Crippen LogP contribution < -0.4 is 0 Å². The Balaban J connectivity index is 1.26. The molecule has 0 aliphatic heterocycles. The van der Waals surface area contributed by atoms with E-state index in [9.17, 15) is 0 Å². The van der Waals surface area contributed by atoms with Gasteiger partial charge in [0.05, 0.1) is 11.6 Å². The molecular weight excluding hydrogens is 362 g/mol. The lowest BCUT2D eigenvalue weighted by Crippen LogP contribution is -2.25. The quantitative estimate of drug-likeness (QED) is 0.335. The maximum absolute atomic E-state index is 8.99. The van der Waals surface area contributed by atoms with E-state index in [1.54, 1.807) is 0 Å². The summed E-state index contributed by atoms with van der Waals surface area (Å²) in [6.45, 7) is 2.30. The molecule has 0 unspecified atom stereocenters. The maximum atomic E-state index is 8.99. The fraction of sp³-hybridized carbons (Fsp3) is 0.759. The van der Waals surface area contributed by atoms with Gasteiger partial charge in [-0.25, -0.2) is 0 Å². The van der Waals surface area contributed by atoms with Crippen LogP contribution in [0.1, 0.15) is 133 Å². The number of rotatable bonds is 11. The lowest BCUT2D eigenvalue weighted by Gasteiger charge is -2.38. The van der Waals surface area contributed by atoms with Gasteiger partial charge in [-0.3, -0.25) is 0 Å². The SMILES string of the molecule is CCCCCCCCCC[C@H]1CC[C@H]([C@H]2CC[C@H](c3ccc(C#N)cc3)CC2)CC1. The minimum atomic E-state index is 0.729. The summed E-state index contributed by atoms with van der Waals surface area (Å²) in [6.07, 6.45) is 24.7. The normalized spacial score (nSPS) is 26.9. The minimum Gasteiger partial charge on any atom is -0.192 e. The van der Waals surface area contributed by atoms with Crippen molar-refractivity contribution in [3.8, 4) is 6.07 Å². The molecule has 2 fully saturated rings. The third kappa shape index (κ3) is 7.44. The van der Waals surface area contributed by atoms with E-state index >= 15 is 0 Å². The molecule has 0 atom stereocenters. The van der Waals surface area contributed by atoms with Crippen LogP contribution in [0.3, 0.4) is 0 Å². The highest BCUT2D eigenvalue weighted by Crippen LogP contribution is 2.44. The van der Waals surface area contributed by atoms with Crippen molar-refractivity contribution in [3.05, 3.63) is 35.4 Å². The Morgan fingerprint density at radius 3 is 1.80 bits per heavy atom. The third-order valence-corrected chi connectivity index (χ3v) is 8.31. The molecule has 0 bridgehead atoms. The predicted octanol–water partition coefficient (Wildman–Crippen LogP) is 9.17. The average molecular weight is 408 g/mol. The largest absolute Gasteiger partial charge is 0.192 e. The standard InChI is InChI=1S/C29H45N/c1-2-3-4-5-6-7-8-9-10-24-11-15-26(16-12-24)28-19-21-29(22-20-28)27-17-13-25(23-30)14-18-27/h13-14,17-18,24,26,28-29H,2-12,15-16,19-22H2,1H3/t24-,26-,28-,29-. The smallest absolute Gasteiger partial charge is 0.0991 e. The van der Waals surface area contributed by atoms with Crippen LogP contribution in [-0.2, 0) is 0 Å². The van der Waals surface area contributed by atoms with Gasteiger partial charge in [-0.15, -0.1) is 0 Å². The molecule has 1 nitrogen and oxygen atoms in total. The molecule has 1 aromatic rings. The van der Waals surface area contributed by atoms with Crippen molar-refractivity contribution in [1.29, 1.82) is 5.26 Å². The highest BCUT2D eigenvalue weighted by Gasteiger charge is 2.31. The van der Waals surface area contributed by atoms with Gasteiger partial charge in [-0.05, 0) is 79.9 Å². The molecule has 1 aromatic carbocycles. The Kier molecular flexibility index (Phi) is 10.3. The predicted molar refractivity (Wildman–Crippen MR) is 129 cm³/mol. The fourth-order valence-electron chi connectivity index (χ4n) is 6.27. The summed E-state index contributed by atoms with van der Waals surface area (Å²) in [4.78, 5) is 0.